The van der Waals surface area contributed by atoms with Crippen molar-refractivity contribution in [2.75, 3.05) is 6.54 Å². The molecule has 1 heterocycles. The van der Waals surface area contributed by atoms with Gasteiger partial charge in [0.25, 0.3) is 0 Å². The third-order valence-corrected chi connectivity index (χ3v) is 4.67. The van der Waals surface area contributed by atoms with Gasteiger partial charge < -0.3 is 5.32 Å². The lowest BCUT2D eigenvalue weighted by Gasteiger charge is -2.17. The molecule has 1 aromatic heterocycles. The van der Waals surface area contributed by atoms with Crippen molar-refractivity contribution >= 4 is 23.3 Å². The SMILES string of the molecule is CCc1nsc(SC(C)CNC(CC)CC)n1. The largest absolute Gasteiger partial charge is 0.313 e. The van der Waals surface area contributed by atoms with E-state index in [1.54, 1.807) is 0 Å². The van der Waals surface area contributed by atoms with Crippen molar-refractivity contribution in [2.45, 2.75) is 62.6 Å². The van der Waals surface area contributed by atoms with Gasteiger partial charge >= 0.3 is 0 Å². The van der Waals surface area contributed by atoms with Gasteiger partial charge in [-0.15, -0.1) is 0 Å². The molecule has 0 amide bonds. The smallest absolute Gasteiger partial charge is 0.170 e. The number of nitrogens with zero attached hydrogens (tertiary/aromatic N) is 2. The van der Waals surface area contributed by atoms with Crippen LogP contribution in [0.1, 0.15) is 46.4 Å². The number of nitrogens with one attached hydrogen (secondary N) is 1. The monoisotopic (exact) mass is 273 g/mol. The zero-order valence-corrected chi connectivity index (χ0v) is 12.8. The van der Waals surface area contributed by atoms with Crippen LogP contribution in [-0.2, 0) is 6.42 Å². The third kappa shape index (κ3) is 5.36. The average Bonchev–Trinajstić information content (AvgIpc) is 2.78. The van der Waals surface area contributed by atoms with Crippen molar-refractivity contribution in [1.29, 1.82) is 0 Å². The van der Waals surface area contributed by atoms with Crippen LogP contribution in [0.15, 0.2) is 4.34 Å². The second-order valence-corrected chi connectivity index (χ2v) is 6.62. The van der Waals surface area contributed by atoms with Gasteiger partial charge in [0.2, 0.25) is 0 Å². The molecule has 0 spiro atoms. The molecule has 0 aliphatic rings. The van der Waals surface area contributed by atoms with Gasteiger partial charge in [0.1, 0.15) is 5.82 Å². The summed E-state index contributed by atoms with van der Waals surface area (Å²) in [6.07, 6.45) is 3.33. The Bertz CT molecular complexity index is 310. The molecule has 0 aliphatic heterocycles. The van der Waals surface area contributed by atoms with Crippen LogP contribution in [0, 0.1) is 0 Å². The highest BCUT2D eigenvalue weighted by molar-refractivity contribution is 8.01. The summed E-state index contributed by atoms with van der Waals surface area (Å²) in [6.45, 7) is 9.84. The molecule has 0 saturated heterocycles. The van der Waals surface area contributed by atoms with E-state index in [9.17, 15) is 0 Å². The Morgan fingerprint density at radius 3 is 2.53 bits per heavy atom. The van der Waals surface area contributed by atoms with Crippen LogP contribution < -0.4 is 5.32 Å². The first kappa shape index (κ1) is 14.9. The molecule has 98 valence electrons. The number of aryl methyl sites for hydroxylation is 1. The van der Waals surface area contributed by atoms with E-state index in [0.29, 0.717) is 11.3 Å². The number of aromatic nitrogens is 2. The Kier molecular flexibility index (Phi) is 7.08. The summed E-state index contributed by atoms with van der Waals surface area (Å²) in [4.78, 5) is 4.48. The molecule has 17 heavy (non-hydrogen) atoms. The molecule has 1 atom stereocenters. The molecule has 0 aliphatic carbocycles. The lowest BCUT2D eigenvalue weighted by molar-refractivity contribution is 0.488. The van der Waals surface area contributed by atoms with Crippen LogP contribution in [-0.4, -0.2) is 27.2 Å². The van der Waals surface area contributed by atoms with Gasteiger partial charge in [0.05, 0.1) is 0 Å². The Morgan fingerprint density at radius 2 is 2.00 bits per heavy atom. The zero-order chi connectivity index (χ0) is 12.7. The quantitative estimate of drug-likeness (QED) is 0.737. The maximum Gasteiger partial charge on any atom is 0.170 e. The molecular formula is C12H23N3S2. The van der Waals surface area contributed by atoms with E-state index in [2.05, 4.69) is 42.4 Å². The molecule has 1 rings (SSSR count). The van der Waals surface area contributed by atoms with Crippen LogP contribution in [0.5, 0.6) is 0 Å². The van der Waals surface area contributed by atoms with Gasteiger partial charge in [-0.3, -0.25) is 0 Å². The minimum absolute atomic E-state index is 0.549. The van der Waals surface area contributed by atoms with Crippen molar-refractivity contribution in [3.8, 4) is 0 Å². The van der Waals surface area contributed by atoms with Crippen molar-refractivity contribution in [2.24, 2.45) is 0 Å². The summed E-state index contributed by atoms with van der Waals surface area (Å²) in [5, 5.41) is 4.14. The highest BCUT2D eigenvalue weighted by Crippen LogP contribution is 2.24. The first-order chi connectivity index (χ1) is 8.19. The van der Waals surface area contributed by atoms with Crippen LogP contribution >= 0.6 is 23.3 Å². The first-order valence-electron chi connectivity index (χ1n) is 6.42. The molecule has 1 unspecified atom stereocenters. The van der Waals surface area contributed by atoms with Crippen LogP contribution in [0.25, 0.3) is 0 Å². The molecule has 3 nitrogen and oxygen atoms in total. The predicted octanol–water partition coefficient (Wildman–Crippen LogP) is 3.36. The zero-order valence-electron chi connectivity index (χ0n) is 11.2. The summed E-state index contributed by atoms with van der Waals surface area (Å²) in [7, 11) is 0. The Hall–Kier alpha value is -0.130. The number of rotatable bonds is 8. The maximum absolute atomic E-state index is 4.48. The first-order valence-corrected chi connectivity index (χ1v) is 8.07. The molecule has 0 fully saturated rings. The standard InChI is InChI=1S/C12H23N3S2/c1-5-10(6-2)13-8-9(4)16-12-14-11(7-3)15-17-12/h9-10,13H,5-8H2,1-4H3. The minimum Gasteiger partial charge on any atom is -0.313 e. The highest BCUT2D eigenvalue weighted by atomic mass is 32.2. The summed E-state index contributed by atoms with van der Waals surface area (Å²) >= 11 is 3.35. The van der Waals surface area contributed by atoms with E-state index >= 15 is 0 Å². The van der Waals surface area contributed by atoms with E-state index in [0.717, 1.165) is 23.1 Å². The molecule has 1 aromatic rings. The van der Waals surface area contributed by atoms with Gasteiger partial charge in [-0.1, -0.05) is 39.5 Å². The minimum atomic E-state index is 0.549. The van der Waals surface area contributed by atoms with E-state index in [1.807, 2.05) is 11.8 Å². The second-order valence-electron chi connectivity index (χ2n) is 4.18. The van der Waals surface area contributed by atoms with Gasteiger partial charge in [-0.25, -0.2) is 4.98 Å². The Labute approximate surface area is 113 Å². The molecule has 0 saturated carbocycles. The molecule has 0 aromatic carbocycles. The van der Waals surface area contributed by atoms with Crippen molar-refractivity contribution in [3.05, 3.63) is 5.82 Å². The summed E-state index contributed by atoms with van der Waals surface area (Å²) in [5.41, 5.74) is 0. The highest BCUT2D eigenvalue weighted by Gasteiger charge is 2.10. The van der Waals surface area contributed by atoms with Crippen molar-refractivity contribution in [3.63, 3.8) is 0 Å². The fourth-order valence-electron chi connectivity index (χ4n) is 1.55. The van der Waals surface area contributed by atoms with Crippen molar-refractivity contribution < 1.29 is 0 Å². The van der Waals surface area contributed by atoms with Crippen LogP contribution in [0.2, 0.25) is 0 Å². The lowest BCUT2D eigenvalue weighted by Crippen LogP contribution is -2.32. The second kappa shape index (κ2) is 8.06. The van der Waals surface area contributed by atoms with E-state index in [1.165, 1.54) is 24.4 Å². The molecular weight excluding hydrogens is 250 g/mol. The number of hydrogen-bond acceptors (Lipinski definition) is 5. The topological polar surface area (TPSA) is 37.8 Å². The van der Waals surface area contributed by atoms with E-state index in [-0.39, 0.29) is 0 Å². The summed E-state index contributed by atoms with van der Waals surface area (Å²) in [5.74, 6) is 0.970. The Morgan fingerprint density at radius 1 is 1.29 bits per heavy atom. The van der Waals surface area contributed by atoms with Gasteiger partial charge in [-0.05, 0) is 24.4 Å². The summed E-state index contributed by atoms with van der Waals surface area (Å²) in [6, 6.07) is 0.652. The van der Waals surface area contributed by atoms with E-state index in [4.69, 9.17) is 0 Å². The fraction of sp³-hybridized carbons (Fsp3) is 0.833. The summed E-state index contributed by atoms with van der Waals surface area (Å²) < 4.78 is 5.40. The molecule has 5 heteroatoms. The Balaban J connectivity index is 2.31. The van der Waals surface area contributed by atoms with Gasteiger partial charge in [-0.2, -0.15) is 4.37 Å². The van der Waals surface area contributed by atoms with Gasteiger partial charge in [0, 0.05) is 24.3 Å². The molecule has 0 radical (unpaired) electrons. The molecule has 0 bridgehead atoms. The van der Waals surface area contributed by atoms with Gasteiger partial charge in [0.15, 0.2) is 4.34 Å². The lowest BCUT2D eigenvalue weighted by atomic mass is 10.2. The predicted molar refractivity (Wildman–Crippen MR) is 77.0 cm³/mol. The van der Waals surface area contributed by atoms with Crippen LogP contribution in [0.4, 0.5) is 0 Å². The number of hydrogen-bond donors (Lipinski definition) is 1. The molecule has 1 N–H and O–H groups in total. The number of thioether (sulfide) groups is 1. The van der Waals surface area contributed by atoms with Crippen molar-refractivity contribution in [1.82, 2.24) is 14.7 Å². The van der Waals surface area contributed by atoms with E-state index < -0.39 is 0 Å². The van der Waals surface area contributed by atoms with Crippen LogP contribution in [0.3, 0.4) is 0 Å². The maximum atomic E-state index is 4.48. The third-order valence-electron chi connectivity index (χ3n) is 2.75. The fourth-order valence-corrected chi connectivity index (χ4v) is 3.51. The normalized spacial score (nSPS) is 13.2. The average molecular weight is 273 g/mol.